The lowest BCUT2D eigenvalue weighted by molar-refractivity contribution is 0.0154. The molecule has 2 N–H and O–H groups in total. The van der Waals surface area contributed by atoms with Crippen molar-refractivity contribution in [2.45, 2.75) is 175 Å². The Bertz CT molecular complexity index is 2030. The van der Waals surface area contributed by atoms with E-state index in [0.29, 0.717) is 31.7 Å². The molecule has 4 atom stereocenters. The van der Waals surface area contributed by atoms with Crippen LogP contribution in [0.4, 0.5) is 14.4 Å². The second-order valence-corrected chi connectivity index (χ2v) is 25.5. The third kappa shape index (κ3) is 17.9. The zero-order valence-electron chi connectivity index (χ0n) is 45.4. The Hall–Kier alpha value is -3.69. The van der Waals surface area contributed by atoms with Crippen LogP contribution in [0.25, 0.3) is 0 Å². The summed E-state index contributed by atoms with van der Waals surface area (Å²) in [4.78, 5) is 42.0. The minimum atomic E-state index is -0.423. The van der Waals surface area contributed by atoms with Gasteiger partial charge in [-0.25, -0.2) is 14.4 Å². The third-order valence-electron chi connectivity index (χ3n) is 15.6. The predicted molar refractivity (Wildman–Crippen MR) is 294 cm³/mol. The van der Waals surface area contributed by atoms with Crippen molar-refractivity contribution < 1.29 is 34.1 Å². The minimum Gasteiger partial charge on any atom is -0.444 e. The monoisotopic (exact) mass is 1110 g/mol. The fourth-order valence-corrected chi connectivity index (χ4v) is 11.4. The SMILES string of the molecule is CC(C)(C)OC(=O)N1CCC2(CC1)CC2CCc1ccc(Cl)nn1.CC(C)(C)OC(=O)N1CCC2(CC1)C[C@@H]2CCc1ccc(Cl)nn1.CC(C)(C)OC(=O)N1CCC2(CC1)C[C@H]2CCc1ccc(Cl)nn1.O.P. The molecular weight excluding hydrogens is 1020 g/mol. The van der Waals surface area contributed by atoms with Crippen LogP contribution in [0.5, 0.6) is 0 Å². The Balaban J connectivity index is 0.000000203. The van der Waals surface area contributed by atoms with Gasteiger partial charge in [0, 0.05) is 39.3 Å². The van der Waals surface area contributed by atoms with Gasteiger partial charge in [0.15, 0.2) is 15.5 Å². The molecule has 3 aliphatic carbocycles. The standard InChI is InChI=1S/3C18H26ClN3O2.H2O.H3P/c3*1-17(2,3)24-16(23)22-10-8-18(9-11-22)12-13(18)4-5-14-6-7-15(19)21-20-14;;/h3*6-7,13H,4-5,8-12H2,1-3H3;1H2;1H3/t2*13-;;;/m10.../s1. The molecule has 6 fully saturated rings. The number of aromatic nitrogens is 6. The molecule has 0 bridgehead atoms. The van der Waals surface area contributed by atoms with Crippen molar-refractivity contribution in [1.29, 1.82) is 0 Å². The lowest BCUT2D eigenvalue weighted by Crippen LogP contribution is -2.42. The zero-order valence-corrected chi connectivity index (χ0v) is 49.0. The Morgan fingerprint density at radius 2 is 0.689 bits per heavy atom. The molecule has 412 valence electrons. The molecule has 3 spiro atoms. The quantitative estimate of drug-likeness (QED) is 0.145. The topological polar surface area (TPSA) is 197 Å². The van der Waals surface area contributed by atoms with E-state index in [0.717, 1.165) is 151 Å². The van der Waals surface area contributed by atoms with Crippen LogP contribution in [0.1, 0.15) is 156 Å². The van der Waals surface area contributed by atoms with E-state index in [4.69, 9.17) is 49.0 Å². The molecule has 9 rings (SSSR count). The number of hydrogen-bond acceptors (Lipinski definition) is 12. The van der Waals surface area contributed by atoms with Crippen LogP contribution in [-0.2, 0) is 33.5 Å². The predicted octanol–water partition coefficient (Wildman–Crippen LogP) is 11.5. The van der Waals surface area contributed by atoms with Crippen LogP contribution >= 0.6 is 44.7 Å². The van der Waals surface area contributed by atoms with Crippen LogP contribution in [0.15, 0.2) is 36.4 Å². The number of aryl methyl sites for hydroxylation is 3. The van der Waals surface area contributed by atoms with Gasteiger partial charge in [0.25, 0.3) is 0 Å². The fourth-order valence-electron chi connectivity index (χ4n) is 11.1. The number of nitrogens with zero attached hydrogens (tertiary/aromatic N) is 9. The number of likely N-dealkylation sites (tertiary alicyclic amines) is 3. The van der Waals surface area contributed by atoms with Gasteiger partial charge in [-0.15, -0.1) is 15.3 Å². The van der Waals surface area contributed by atoms with Crippen LogP contribution in [0.3, 0.4) is 0 Å². The van der Waals surface area contributed by atoms with Crippen molar-refractivity contribution in [2.24, 2.45) is 34.0 Å². The van der Waals surface area contributed by atoms with E-state index in [1.807, 2.05) is 95.2 Å². The lowest BCUT2D eigenvalue weighted by atomic mass is 9.89. The largest absolute Gasteiger partial charge is 0.444 e. The highest BCUT2D eigenvalue weighted by atomic mass is 35.5. The molecule has 6 heterocycles. The summed E-state index contributed by atoms with van der Waals surface area (Å²) in [5.74, 6) is 2.24. The Morgan fingerprint density at radius 3 is 0.878 bits per heavy atom. The molecule has 74 heavy (non-hydrogen) atoms. The van der Waals surface area contributed by atoms with Gasteiger partial charge in [0.2, 0.25) is 0 Å². The van der Waals surface area contributed by atoms with Crippen molar-refractivity contribution in [3.05, 3.63) is 68.9 Å². The second-order valence-electron chi connectivity index (χ2n) is 24.4. The summed E-state index contributed by atoms with van der Waals surface area (Å²) in [6, 6.07) is 11.3. The molecule has 0 aromatic carbocycles. The molecule has 16 nitrogen and oxygen atoms in total. The number of halogens is 3. The smallest absolute Gasteiger partial charge is 0.410 e. The van der Waals surface area contributed by atoms with Gasteiger partial charge >= 0.3 is 18.3 Å². The first kappa shape index (κ1) is 61.2. The van der Waals surface area contributed by atoms with Crippen LogP contribution < -0.4 is 0 Å². The maximum atomic E-state index is 12.1. The van der Waals surface area contributed by atoms with Crippen molar-refractivity contribution in [3.63, 3.8) is 0 Å². The summed E-state index contributed by atoms with van der Waals surface area (Å²) < 4.78 is 16.4. The first-order valence-electron chi connectivity index (χ1n) is 26.2. The second kappa shape index (κ2) is 25.2. The molecule has 6 aliphatic rings. The van der Waals surface area contributed by atoms with E-state index in [-0.39, 0.29) is 33.7 Å². The molecule has 3 saturated heterocycles. The van der Waals surface area contributed by atoms with Crippen molar-refractivity contribution >= 4 is 63.0 Å². The van der Waals surface area contributed by atoms with Gasteiger partial charge < -0.3 is 34.4 Å². The number of amides is 3. The van der Waals surface area contributed by atoms with Gasteiger partial charge in [-0.1, -0.05) is 34.8 Å². The third-order valence-corrected chi connectivity index (χ3v) is 16.2. The van der Waals surface area contributed by atoms with Gasteiger partial charge in [-0.2, -0.15) is 25.2 Å². The summed E-state index contributed by atoms with van der Waals surface area (Å²) in [6.45, 7) is 22.1. The summed E-state index contributed by atoms with van der Waals surface area (Å²) >= 11 is 17.3. The molecule has 3 amide bonds. The first-order valence-corrected chi connectivity index (χ1v) is 27.3. The van der Waals surface area contributed by atoms with Gasteiger partial charge in [0.1, 0.15) is 16.8 Å². The highest BCUT2D eigenvalue weighted by Gasteiger charge is 2.56. The normalized spacial score (nSPS) is 21.9. The van der Waals surface area contributed by atoms with E-state index in [2.05, 4.69) is 30.6 Å². The average molecular weight is 1110 g/mol. The summed E-state index contributed by atoms with van der Waals surface area (Å²) in [5, 5.41) is 25.4. The number of piperidine rings is 3. The number of carbonyl (C=O) groups is 3. The minimum absolute atomic E-state index is 0. The number of ether oxygens (including phenoxy) is 3. The Kier molecular flexibility index (Phi) is 20.8. The van der Waals surface area contributed by atoms with Crippen LogP contribution in [-0.4, -0.2) is 125 Å². The van der Waals surface area contributed by atoms with E-state index in [9.17, 15) is 14.4 Å². The van der Waals surface area contributed by atoms with Crippen molar-refractivity contribution in [1.82, 2.24) is 45.3 Å². The summed E-state index contributed by atoms with van der Waals surface area (Å²) in [5.41, 5.74) is 3.08. The van der Waals surface area contributed by atoms with Gasteiger partial charge in [-0.05, 0) is 229 Å². The molecule has 3 aromatic rings. The van der Waals surface area contributed by atoms with Crippen molar-refractivity contribution in [2.75, 3.05) is 39.3 Å². The number of carbonyl (C=O) groups excluding carboxylic acids is 3. The average Bonchev–Trinajstić information content (AvgIpc) is 4.27. The fraction of sp³-hybridized carbons (Fsp3) is 0.722. The summed E-state index contributed by atoms with van der Waals surface area (Å²) in [6.07, 6.45) is 16.1. The van der Waals surface area contributed by atoms with Crippen LogP contribution in [0.2, 0.25) is 15.5 Å². The maximum absolute atomic E-state index is 12.1. The Morgan fingerprint density at radius 1 is 0.459 bits per heavy atom. The van der Waals surface area contributed by atoms with Crippen molar-refractivity contribution in [3.8, 4) is 0 Å². The van der Waals surface area contributed by atoms with Gasteiger partial charge in [0.05, 0.1) is 17.1 Å². The molecule has 0 radical (unpaired) electrons. The summed E-state index contributed by atoms with van der Waals surface area (Å²) in [7, 11) is 0. The number of hydrogen-bond donors (Lipinski definition) is 0. The van der Waals surface area contributed by atoms with Gasteiger partial charge in [-0.3, -0.25) is 0 Å². The molecule has 3 aliphatic heterocycles. The van der Waals surface area contributed by atoms with Crippen LogP contribution in [0, 0.1) is 34.0 Å². The molecular formula is C54H83Cl3N9O7P. The van der Waals surface area contributed by atoms with E-state index in [1.54, 1.807) is 18.2 Å². The molecule has 3 aromatic heterocycles. The first-order chi connectivity index (χ1) is 33.8. The zero-order chi connectivity index (χ0) is 52.1. The maximum Gasteiger partial charge on any atom is 0.410 e. The molecule has 20 heteroatoms. The van der Waals surface area contributed by atoms with E-state index >= 15 is 0 Å². The molecule has 2 unspecified atom stereocenters. The number of rotatable bonds is 9. The molecule has 3 saturated carbocycles. The lowest BCUT2D eigenvalue weighted by Gasteiger charge is -2.34. The van der Waals surface area contributed by atoms with E-state index < -0.39 is 16.8 Å². The highest BCUT2D eigenvalue weighted by molar-refractivity contribution is 6.92. The highest BCUT2D eigenvalue weighted by Crippen LogP contribution is 2.63. The van der Waals surface area contributed by atoms with E-state index in [1.165, 1.54) is 19.3 Å². The Labute approximate surface area is 457 Å².